The van der Waals surface area contributed by atoms with Gasteiger partial charge in [-0.25, -0.2) is 0 Å². The van der Waals surface area contributed by atoms with Crippen LogP contribution in [0, 0.1) is 18.3 Å². The van der Waals surface area contributed by atoms with Gasteiger partial charge in [0.05, 0.1) is 19.1 Å². The van der Waals surface area contributed by atoms with Gasteiger partial charge in [-0.05, 0) is 24.3 Å². The van der Waals surface area contributed by atoms with Crippen molar-refractivity contribution in [1.82, 2.24) is 5.32 Å². The van der Waals surface area contributed by atoms with E-state index in [4.69, 9.17) is 10.5 Å². The van der Waals surface area contributed by atoms with Gasteiger partial charge in [-0.15, -0.1) is 12.4 Å². The summed E-state index contributed by atoms with van der Waals surface area (Å²) in [5, 5.41) is 2.77. The molecule has 1 aromatic carbocycles. The summed E-state index contributed by atoms with van der Waals surface area (Å²) in [7, 11) is 1.36. The molecule has 1 rings (SSSR count). The minimum Gasteiger partial charge on any atom is -0.469 e. The SMILES string of the molecule is COC(=O)C(CNC(=O)[C@@H](N)C(C)(C)C)Cc1cccc(C)c1.Cl. The Kier molecular flexibility index (Phi) is 9.01. The second kappa shape index (κ2) is 9.64. The average Bonchev–Trinajstić information content (AvgIpc) is 2.48. The van der Waals surface area contributed by atoms with Crippen LogP contribution in [-0.4, -0.2) is 31.6 Å². The van der Waals surface area contributed by atoms with E-state index in [0.717, 1.165) is 11.1 Å². The normalized spacial score (nSPS) is 13.4. The summed E-state index contributed by atoms with van der Waals surface area (Å²) in [6.07, 6.45) is 0.513. The molecule has 0 spiro atoms. The Balaban J connectivity index is 0.00000529. The van der Waals surface area contributed by atoms with E-state index in [1.54, 1.807) is 0 Å². The Hall–Kier alpha value is -1.59. The van der Waals surface area contributed by atoms with Gasteiger partial charge in [-0.3, -0.25) is 9.59 Å². The molecule has 24 heavy (non-hydrogen) atoms. The third-order valence-electron chi connectivity index (χ3n) is 3.84. The number of halogens is 1. The van der Waals surface area contributed by atoms with E-state index in [9.17, 15) is 9.59 Å². The molecular weight excluding hydrogens is 328 g/mol. The molecule has 5 nitrogen and oxygen atoms in total. The van der Waals surface area contributed by atoms with Crippen LogP contribution >= 0.6 is 12.4 Å². The maximum absolute atomic E-state index is 12.1. The van der Waals surface area contributed by atoms with Crippen LogP contribution in [-0.2, 0) is 20.7 Å². The lowest BCUT2D eigenvalue weighted by atomic mass is 9.87. The first-order valence-corrected chi connectivity index (χ1v) is 7.81. The molecule has 0 aliphatic rings. The molecule has 0 radical (unpaired) electrons. The molecule has 0 aliphatic heterocycles. The van der Waals surface area contributed by atoms with Crippen LogP contribution in [0.5, 0.6) is 0 Å². The number of esters is 1. The highest BCUT2D eigenvalue weighted by atomic mass is 35.5. The van der Waals surface area contributed by atoms with Crippen molar-refractivity contribution < 1.29 is 14.3 Å². The zero-order valence-electron chi connectivity index (χ0n) is 15.1. The zero-order chi connectivity index (χ0) is 17.6. The van der Waals surface area contributed by atoms with Crippen molar-refractivity contribution in [3.8, 4) is 0 Å². The maximum atomic E-state index is 12.1. The Morgan fingerprint density at radius 3 is 2.42 bits per heavy atom. The van der Waals surface area contributed by atoms with E-state index in [2.05, 4.69) is 5.32 Å². The van der Waals surface area contributed by atoms with Crippen molar-refractivity contribution in [2.75, 3.05) is 13.7 Å². The molecule has 136 valence electrons. The molecule has 0 saturated carbocycles. The van der Waals surface area contributed by atoms with E-state index in [1.165, 1.54) is 7.11 Å². The molecule has 0 aliphatic carbocycles. The molecule has 1 amide bonds. The van der Waals surface area contributed by atoms with Gasteiger partial charge in [-0.2, -0.15) is 0 Å². The van der Waals surface area contributed by atoms with Gasteiger partial charge in [0.15, 0.2) is 0 Å². The smallest absolute Gasteiger partial charge is 0.310 e. The lowest BCUT2D eigenvalue weighted by Gasteiger charge is -2.26. The van der Waals surface area contributed by atoms with Gasteiger partial charge in [0.1, 0.15) is 0 Å². The first kappa shape index (κ1) is 22.4. The third-order valence-corrected chi connectivity index (χ3v) is 3.84. The molecular formula is C18H29ClN2O3. The number of nitrogens with two attached hydrogens (primary N) is 1. The number of hydrogen-bond donors (Lipinski definition) is 2. The van der Waals surface area contributed by atoms with Crippen LogP contribution in [0.2, 0.25) is 0 Å². The summed E-state index contributed by atoms with van der Waals surface area (Å²) in [6.45, 7) is 7.93. The Morgan fingerprint density at radius 2 is 1.92 bits per heavy atom. The van der Waals surface area contributed by atoms with Crippen LogP contribution in [0.3, 0.4) is 0 Å². The Labute approximate surface area is 150 Å². The Morgan fingerprint density at radius 1 is 1.29 bits per heavy atom. The quantitative estimate of drug-likeness (QED) is 0.766. The summed E-state index contributed by atoms with van der Waals surface area (Å²) >= 11 is 0. The molecule has 3 N–H and O–H groups in total. The number of ether oxygens (including phenoxy) is 1. The molecule has 0 heterocycles. The molecule has 0 fully saturated rings. The highest BCUT2D eigenvalue weighted by molar-refractivity contribution is 5.85. The van der Waals surface area contributed by atoms with Crippen LogP contribution < -0.4 is 11.1 Å². The van der Waals surface area contributed by atoms with Crippen LogP contribution in [0.25, 0.3) is 0 Å². The number of benzene rings is 1. The predicted molar refractivity (Wildman–Crippen MR) is 98.1 cm³/mol. The fourth-order valence-electron chi connectivity index (χ4n) is 2.26. The van der Waals surface area contributed by atoms with Gasteiger partial charge < -0.3 is 15.8 Å². The summed E-state index contributed by atoms with van der Waals surface area (Å²) in [5.41, 5.74) is 7.77. The van der Waals surface area contributed by atoms with Crippen molar-refractivity contribution in [1.29, 1.82) is 0 Å². The number of amides is 1. The maximum Gasteiger partial charge on any atom is 0.310 e. The van der Waals surface area contributed by atoms with E-state index >= 15 is 0 Å². The number of nitrogens with one attached hydrogen (secondary N) is 1. The zero-order valence-corrected chi connectivity index (χ0v) is 15.9. The second-order valence-electron chi connectivity index (χ2n) is 7.00. The summed E-state index contributed by atoms with van der Waals surface area (Å²) in [5.74, 6) is -1.02. The van der Waals surface area contributed by atoms with Crippen molar-refractivity contribution in [2.45, 2.75) is 40.2 Å². The molecule has 0 bridgehead atoms. The first-order valence-electron chi connectivity index (χ1n) is 7.81. The average molecular weight is 357 g/mol. The van der Waals surface area contributed by atoms with E-state index < -0.39 is 12.0 Å². The van der Waals surface area contributed by atoms with Crippen molar-refractivity contribution in [3.63, 3.8) is 0 Å². The van der Waals surface area contributed by atoms with E-state index in [0.29, 0.717) is 6.42 Å². The van der Waals surface area contributed by atoms with Crippen molar-refractivity contribution >= 4 is 24.3 Å². The van der Waals surface area contributed by atoms with Crippen LogP contribution in [0.1, 0.15) is 31.9 Å². The standard InChI is InChI=1S/C18H28N2O3.ClH/c1-12-7-6-8-13(9-12)10-14(17(22)23-5)11-20-16(21)15(19)18(2,3)4;/h6-9,14-15H,10-11,19H2,1-5H3,(H,20,21);1H/t14?,15-;/m1./s1. The van der Waals surface area contributed by atoms with Gasteiger partial charge >= 0.3 is 5.97 Å². The summed E-state index contributed by atoms with van der Waals surface area (Å²) in [4.78, 5) is 24.1. The fourth-order valence-corrected chi connectivity index (χ4v) is 2.26. The number of aryl methyl sites for hydroxylation is 1. The van der Waals surface area contributed by atoms with Crippen LogP contribution in [0.4, 0.5) is 0 Å². The summed E-state index contributed by atoms with van der Waals surface area (Å²) < 4.78 is 4.85. The monoisotopic (exact) mass is 356 g/mol. The van der Waals surface area contributed by atoms with Gasteiger partial charge in [0.25, 0.3) is 0 Å². The minimum absolute atomic E-state index is 0. The Bertz CT molecular complexity index is 555. The summed E-state index contributed by atoms with van der Waals surface area (Å²) in [6, 6.07) is 7.32. The molecule has 6 heteroatoms. The van der Waals surface area contributed by atoms with Crippen LogP contribution in [0.15, 0.2) is 24.3 Å². The molecule has 0 aromatic heterocycles. The fraction of sp³-hybridized carbons (Fsp3) is 0.556. The van der Waals surface area contributed by atoms with Gasteiger partial charge in [0.2, 0.25) is 5.91 Å². The minimum atomic E-state index is -0.625. The molecule has 0 saturated heterocycles. The topological polar surface area (TPSA) is 81.4 Å². The van der Waals surface area contributed by atoms with Crippen molar-refractivity contribution in [2.24, 2.45) is 17.1 Å². The number of carbonyl (C=O) groups excluding carboxylic acids is 2. The van der Waals surface area contributed by atoms with E-state index in [-0.39, 0.29) is 36.2 Å². The lowest BCUT2D eigenvalue weighted by Crippen LogP contribution is -2.50. The predicted octanol–water partition coefficient (Wildman–Crippen LogP) is 2.24. The molecule has 1 aromatic rings. The number of rotatable bonds is 6. The third kappa shape index (κ3) is 6.89. The van der Waals surface area contributed by atoms with E-state index in [1.807, 2.05) is 52.0 Å². The highest BCUT2D eigenvalue weighted by Gasteiger charge is 2.28. The number of methoxy groups -OCH3 is 1. The highest BCUT2D eigenvalue weighted by Crippen LogP contribution is 2.17. The number of hydrogen-bond acceptors (Lipinski definition) is 4. The second-order valence-corrected chi connectivity index (χ2v) is 7.00. The lowest BCUT2D eigenvalue weighted by molar-refractivity contribution is -0.145. The van der Waals surface area contributed by atoms with Gasteiger partial charge in [-0.1, -0.05) is 50.6 Å². The molecule has 1 unspecified atom stereocenters. The number of carbonyl (C=O) groups is 2. The largest absolute Gasteiger partial charge is 0.469 e. The van der Waals surface area contributed by atoms with Crippen molar-refractivity contribution in [3.05, 3.63) is 35.4 Å². The first-order chi connectivity index (χ1) is 10.6. The van der Waals surface area contributed by atoms with Gasteiger partial charge in [0, 0.05) is 6.54 Å². The molecule has 2 atom stereocenters.